The van der Waals surface area contributed by atoms with E-state index in [0.717, 1.165) is 0 Å². The molecule has 110 valence electrons. The van der Waals surface area contributed by atoms with E-state index in [9.17, 15) is 13.2 Å². The van der Waals surface area contributed by atoms with Gasteiger partial charge in [-0.15, -0.1) is 0 Å². The maximum absolute atomic E-state index is 12.4. The number of sulfonamides is 1. The van der Waals surface area contributed by atoms with Gasteiger partial charge in [-0.25, -0.2) is 8.42 Å². The van der Waals surface area contributed by atoms with Crippen LogP contribution in [0, 0.1) is 13.8 Å². The normalized spacial score (nSPS) is 11.1. The molecular formula is C15H16N2O3S. The van der Waals surface area contributed by atoms with E-state index >= 15 is 0 Å². The maximum Gasteiger partial charge on any atom is 0.262 e. The number of carbonyl (C=O) groups excluding carboxylic acids is 1. The van der Waals surface area contributed by atoms with Gasteiger partial charge >= 0.3 is 0 Å². The average molecular weight is 304 g/mol. The molecule has 0 aliphatic heterocycles. The van der Waals surface area contributed by atoms with Crippen LogP contribution < -0.4 is 10.5 Å². The first-order valence-corrected chi connectivity index (χ1v) is 7.78. The Morgan fingerprint density at radius 1 is 1.05 bits per heavy atom. The quantitative estimate of drug-likeness (QED) is 0.907. The molecule has 5 nitrogen and oxygen atoms in total. The molecule has 0 fully saturated rings. The standard InChI is InChI=1S/C15H16N2O3S/c1-10-5-3-4-6-14(10)21(19,20)17-13-8-7-12(15(16)18)9-11(13)2/h3-9,17H,1-2H3,(H2,16,18). The lowest BCUT2D eigenvalue weighted by Crippen LogP contribution is -2.16. The van der Waals surface area contributed by atoms with Crippen LogP contribution in [0.1, 0.15) is 21.5 Å². The van der Waals surface area contributed by atoms with Gasteiger partial charge in [-0.1, -0.05) is 18.2 Å². The van der Waals surface area contributed by atoms with E-state index in [2.05, 4.69) is 4.72 Å². The lowest BCUT2D eigenvalue weighted by atomic mass is 10.1. The molecule has 3 N–H and O–H groups in total. The minimum Gasteiger partial charge on any atom is -0.366 e. The van der Waals surface area contributed by atoms with Crippen LogP contribution in [-0.2, 0) is 10.0 Å². The van der Waals surface area contributed by atoms with Crippen molar-refractivity contribution in [1.82, 2.24) is 0 Å². The molecule has 0 aliphatic rings. The minimum atomic E-state index is -3.67. The van der Waals surface area contributed by atoms with Crippen molar-refractivity contribution in [3.05, 3.63) is 59.2 Å². The highest BCUT2D eigenvalue weighted by atomic mass is 32.2. The summed E-state index contributed by atoms with van der Waals surface area (Å²) in [7, 11) is -3.67. The van der Waals surface area contributed by atoms with Crippen molar-refractivity contribution in [3.8, 4) is 0 Å². The predicted molar refractivity (Wildman–Crippen MR) is 81.7 cm³/mol. The molecule has 2 aromatic rings. The fourth-order valence-electron chi connectivity index (χ4n) is 1.99. The lowest BCUT2D eigenvalue weighted by molar-refractivity contribution is 0.1000. The van der Waals surface area contributed by atoms with Crippen molar-refractivity contribution in [2.75, 3.05) is 4.72 Å². The minimum absolute atomic E-state index is 0.225. The van der Waals surface area contributed by atoms with E-state index in [0.29, 0.717) is 22.4 Å². The van der Waals surface area contributed by atoms with Crippen LogP contribution in [-0.4, -0.2) is 14.3 Å². The Kier molecular flexibility index (Phi) is 3.99. The number of primary amides is 1. The van der Waals surface area contributed by atoms with Gasteiger partial charge in [0.25, 0.3) is 10.0 Å². The van der Waals surface area contributed by atoms with Gasteiger partial charge in [-0.2, -0.15) is 0 Å². The van der Waals surface area contributed by atoms with Gasteiger partial charge in [0.15, 0.2) is 0 Å². The number of carbonyl (C=O) groups is 1. The van der Waals surface area contributed by atoms with Crippen molar-refractivity contribution in [2.24, 2.45) is 5.73 Å². The summed E-state index contributed by atoms with van der Waals surface area (Å²) in [6, 6.07) is 11.3. The van der Waals surface area contributed by atoms with Crippen molar-refractivity contribution in [1.29, 1.82) is 0 Å². The number of amides is 1. The number of benzene rings is 2. The summed E-state index contributed by atoms with van der Waals surface area (Å²) in [6.07, 6.45) is 0. The molecule has 2 aromatic carbocycles. The smallest absolute Gasteiger partial charge is 0.262 e. The van der Waals surface area contributed by atoms with Crippen LogP contribution in [0.4, 0.5) is 5.69 Å². The van der Waals surface area contributed by atoms with Gasteiger partial charge in [0.05, 0.1) is 10.6 Å². The molecule has 0 unspecified atom stereocenters. The highest BCUT2D eigenvalue weighted by Gasteiger charge is 2.17. The Labute approximate surface area is 123 Å². The summed E-state index contributed by atoms with van der Waals surface area (Å²) in [5.41, 5.74) is 7.24. The fraction of sp³-hybridized carbons (Fsp3) is 0.133. The molecule has 0 saturated carbocycles. The van der Waals surface area contributed by atoms with Gasteiger partial charge in [0.2, 0.25) is 5.91 Å². The zero-order chi connectivity index (χ0) is 15.6. The lowest BCUT2D eigenvalue weighted by Gasteiger charge is -2.12. The number of aryl methyl sites for hydroxylation is 2. The zero-order valence-corrected chi connectivity index (χ0v) is 12.6. The molecular weight excluding hydrogens is 288 g/mol. The van der Waals surface area contributed by atoms with Crippen molar-refractivity contribution < 1.29 is 13.2 Å². The van der Waals surface area contributed by atoms with Crippen LogP contribution in [0.15, 0.2) is 47.4 Å². The molecule has 0 saturated heterocycles. The molecule has 0 heterocycles. The summed E-state index contributed by atoms with van der Waals surface area (Å²) < 4.78 is 27.3. The van der Waals surface area contributed by atoms with Crippen molar-refractivity contribution in [2.45, 2.75) is 18.7 Å². The second kappa shape index (κ2) is 5.57. The van der Waals surface area contributed by atoms with E-state index in [-0.39, 0.29) is 4.90 Å². The highest BCUT2D eigenvalue weighted by molar-refractivity contribution is 7.92. The monoisotopic (exact) mass is 304 g/mol. The molecule has 0 aliphatic carbocycles. The number of hydrogen-bond acceptors (Lipinski definition) is 3. The van der Waals surface area contributed by atoms with Crippen LogP contribution in [0.25, 0.3) is 0 Å². The zero-order valence-electron chi connectivity index (χ0n) is 11.8. The summed E-state index contributed by atoms with van der Waals surface area (Å²) in [5, 5.41) is 0. The van der Waals surface area contributed by atoms with Gasteiger partial charge in [-0.05, 0) is 49.2 Å². The molecule has 0 atom stereocenters. The Bertz CT molecular complexity index is 798. The van der Waals surface area contributed by atoms with E-state index in [1.54, 1.807) is 44.2 Å². The first-order valence-electron chi connectivity index (χ1n) is 6.30. The molecule has 6 heteroatoms. The molecule has 1 amide bonds. The topological polar surface area (TPSA) is 89.3 Å². The Balaban J connectivity index is 2.38. The van der Waals surface area contributed by atoms with Gasteiger partial charge in [-0.3, -0.25) is 9.52 Å². The number of nitrogens with one attached hydrogen (secondary N) is 1. The van der Waals surface area contributed by atoms with Crippen molar-refractivity contribution in [3.63, 3.8) is 0 Å². The first kappa shape index (κ1) is 15.1. The molecule has 2 rings (SSSR count). The van der Waals surface area contributed by atoms with Crippen LogP contribution >= 0.6 is 0 Å². The van der Waals surface area contributed by atoms with Crippen LogP contribution in [0.2, 0.25) is 0 Å². The molecule has 0 aromatic heterocycles. The molecule has 0 bridgehead atoms. The summed E-state index contributed by atoms with van der Waals surface area (Å²) in [4.78, 5) is 11.3. The SMILES string of the molecule is Cc1cc(C(N)=O)ccc1NS(=O)(=O)c1ccccc1C. The third kappa shape index (κ3) is 3.22. The van der Waals surface area contributed by atoms with E-state index < -0.39 is 15.9 Å². The van der Waals surface area contributed by atoms with Gasteiger partial charge < -0.3 is 5.73 Å². The third-order valence-corrected chi connectivity index (χ3v) is 4.66. The summed E-state index contributed by atoms with van der Waals surface area (Å²) in [5.74, 6) is -0.550. The van der Waals surface area contributed by atoms with Crippen molar-refractivity contribution >= 4 is 21.6 Å². The van der Waals surface area contributed by atoms with Gasteiger partial charge in [0, 0.05) is 5.56 Å². The second-order valence-electron chi connectivity index (χ2n) is 4.76. The van der Waals surface area contributed by atoms with E-state index in [1.165, 1.54) is 12.1 Å². The number of anilines is 1. The highest BCUT2D eigenvalue weighted by Crippen LogP contribution is 2.22. The maximum atomic E-state index is 12.4. The Morgan fingerprint density at radius 3 is 2.29 bits per heavy atom. The average Bonchev–Trinajstić information content (AvgIpc) is 2.41. The number of rotatable bonds is 4. The van der Waals surface area contributed by atoms with E-state index in [1.807, 2.05) is 0 Å². The fourth-order valence-corrected chi connectivity index (χ4v) is 3.37. The van der Waals surface area contributed by atoms with E-state index in [4.69, 9.17) is 5.73 Å². The first-order chi connectivity index (χ1) is 9.81. The third-order valence-electron chi connectivity index (χ3n) is 3.14. The largest absolute Gasteiger partial charge is 0.366 e. The number of hydrogen-bond donors (Lipinski definition) is 2. The molecule has 21 heavy (non-hydrogen) atoms. The predicted octanol–water partition coefficient (Wildman–Crippen LogP) is 2.20. The van der Waals surface area contributed by atoms with Crippen LogP contribution in [0.5, 0.6) is 0 Å². The summed E-state index contributed by atoms with van der Waals surface area (Å²) in [6.45, 7) is 3.44. The molecule has 0 spiro atoms. The van der Waals surface area contributed by atoms with Gasteiger partial charge in [0.1, 0.15) is 0 Å². The summed E-state index contributed by atoms with van der Waals surface area (Å²) >= 11 is 0. The molecule has 0 radical (unpaired) electrons. The second-order valence-corrected chi connectivity index (χ2v) is 6.42. The number of nitrogens with two attached hydrogens (primary N) is 1. The Hall–Kier alpha value is -2.34. The Morgan fingerprint density at radius 2 is 1.71 bits per heavy atom. The van der Waals surface area contributed by atoms with Crippen LogP contribution in [0.3, 0.4) is 0 Å².